The molecule has 72 valence electrons. The summed E-state index contributed by atoms with van der Waals surface area (Å²) >= 11 is 1.49. The van der Waals surface area contributed by atoms with Gasteiger partial charge in [-0.15, -0.1) is 0 Å². The minimum absolute atomic E-state index is 0.663. The van der Waals surface area contributed by atoms with Gasteiger partial charge in [0.25, 0.3) is 0 Å². The summed E-state index contributed by atoms with van der Waals surface area (Å²) < 4.78 is 1.57. The van der Waals surface area contributed by atoms with E-state index in [0.717, 1.165) is 5.56 Å². The van der Waals surface area contributed by atoms with Gasteiger partial charge in [-0.1, -0.05) is 0 Å². The molecular weight excluding hydrogens is 200 g/mol. The predicted molar refractivity (Wildman–Crippen MR) is 52.3 cm³/mol. The molecule has 0 aromatic carbocycles. The lowest BCUT2D eigenvalue weighted by Crippen LogP contribution is -2.18. The van der Waals surface area contributed by atoms with Crippen LogP contribution in [0.25, 0.3) is 0 Å². The van der Waals surface area contributed by atoms with E-state index in [-0.39, 0.29) is 0 Å². The largest absolute Gasteiger partial charge is 0.479 e. The molecule has 0 fully saturated rings. The Labute approximate surface area is 84.5 Å². The molecule has 1 atom stereocenters. The molecule has 1 N–H and O–H groups in total. The van der Waals surface area contributed by atoms with Crippen molar-refractivity contribution in [1.82, 2.24) is 9.55 Å². The molecule has 5 heteroatoms. The van der Waals surface area contributed by atoms with Gasteiger partial charge >= 0.3 is 5.97 Å². The van der Waals surface area contributed by atoms with Crippen molar-refractivity contribution in [2.45, 2.75) is 6.04 Å². The zero-order chi connectivity index (χ0) is 9.97. The predicted octanol–water partition coefficient (Wildman–Crippen LogP) is 1.62. The Morgan fingerprint density at radius 1 is 1.64 bits per heavy atom. The molecule has 0 aliphatic carbocycles. The first-order valence-corrected chi connectivity index (χ1v) is 4.95. The lowest BCUT2D eigenvalue weighted by atomic mass is 10.1. The van der Waals surface area contributed by atoms with Crippen LogP contribution in [0.4, 0.5) is 0 Å². The van der Waals surface area contributed by atoms with Crippen molar-refractivity contribution in [3.8, 4) is 0 Å². The molecule has 0 amide bonds. The third-order valence-corrected chi connectivity index (χ3v) is 2.62. The third-order valence-electron chi connectivity index (χ3n) is 1.92. The molecule has 0 radical (unpaired) electrons. The van der Waals surface area contributed by atoms with Gasteiger partial charge in [-0.25, -0.2) is 9.78 Å². The molecule has 14 heavy (non-hydrogen) atoms. The number of imidazole rings is 1. The number of carbonyl (C=O) groups is 1. The number of hydrogen-bond acceptors (Lipinski definition) is 3. The van der Waals surface area contributed by atoms with Gasteiger partial charge in [-0.3, -0.25) is 0 Å². The van der Waals surface area contributed by atoms with E-state index in [0.29, 0.717) is 0 Å². The third kappa shape index (κ3) is 1.54. The van der Waals surface area contributed by atoms with E-state index in [1.165, 1.54) is 17.7 Å². The van der Waals surface area contributed by atoms with Crippen molar-refractivity contribution in [2.24, 2.45) is 0 Å². The molecule has 4 nitrogen and oxygen atoms in total. The van der Waals surface area contributed by atoms with Crippen LogP contribution in [0.3, 0.4) is 0 Å². The zero-order valence-corrected chi connectivity index (χ0v) is 8.02. The van der Waals surface area contributed by atoms with Crippen LogP contribution < -0.4 is 0 Å². The molecule has 0 aliphatic rings. The van der Waals surface area contributed by atoms with Gasteiger partial charge in [-0.2, -0.15) is 11.3 Å². The van der Waals surface area contributed by atoms with Crippen LogP contribution in [-0.4, -0.2) is 20.6 Å². The van der Waals surface area contributed by atoms with Crippen LogP contribution in [0, 0.1) is 0 Å². The first-order chi connectivity index (χ1) is 6.79. The molecule has 0 aliphatic heterocycles. The highest BCUT2D eigenvalue weighted by Crippen LogP contribution is 2.20. The van der Waals surface area contributed by atoms with Crippen LogP contribution >= 0.6 is 11.3 Å². The van der Waals surface area contributed by atoms with E-state index < -0.39 is 12.0 Å². The number of thiophene rings is 1. The van der Waals surface area contributed by atoms with Gasteiger partial charge in [0.2, 0.25) is 0 Å². The van der Waals surface area contributed by atoms with E-state index in [2.05, 4.69) is 4.98 Å². The average molecular weight is 208 g/mol. The standard InChI is InChI=1S/C9H8N2O2S/c12-9(13)8(7-1-4-14-5-7)11-3-2-10-6-11/h1-6,8H,(H,12,13). The second-order valence-corrected chi connectivity index (χ2v) is 3.59. The second-order valence-electron chi connectivity index (χ2n) is 2.81. The summed E-state index contributed by atoms with van der Waals surface area (Å²) in [4.78, 5) is 14.9. The lowest BCUT2D eigenvalue weighted by Gasteiger charge is -2.11. The quantitative estimate of drug-likeness (QED) is 0.833. The first-order valence-electron chi connectivity index (χ1n) is 4.01. The molecule has 1 unspecified atom stereocenters. The van der Waals surface area contributed by atoms with Crippen molar-refractivity contribution < 1.29 is 9.90 Å². The van der Waals surface area contributed by atoms with Crippen molar-refractivity contribution >= 4 is 17.3 Å². The fourth-order valence-electron chi connectivity index (χ4n) is 1.29. The van der Waals surface area contributed by atoms with Crippen LogP contribution in [0.2, 0.25) is 0 Å². The van der Waals surface area contributed by atoms with Gasteiger partial charge in [0, 0.05) is 12.4 Å². The summed E-state index contributed by atoms with van der Waals surface area (Å²) in [6.07, 6.45) is 4.73. The summed E-state index contributed by atoms with van der Waals surface area (Å²) in [7, 11) is 0. The summed E-state index contributed by atoms with van der Waals surface area (Å²) in [6, 6.07) is 1.15. The molecule has 0 saturated heterocycles. The molecule has 2 aromatic heterocycles. The summed E-state index contributed by atoms with van der Waals surface area (Å²) in [6.45, 7) is 0. The van der Waals surface area contributed by atoms with E-state index in [9.17, 15) is 4.79 Å². The number of carboxylic acids is 1. The van der Waals surface area contributed by atoms with Gasteiger partial charge in [0.05, 0.1) is 6.33 Å². The second kappa shape index (κ2) is 3.63. The molecule has 0 spiro atoms. The minimum atomic E-state index is -0.874. The maximum Gasteiger partial charge on any atom is 0.331 e. The van der Waals surface area contributed by atoms with Gasteiger partial charge < -0.3 is 9.67 Å². The maximum atomic E-state index is 11.1. The molecule has 0 saturated carbocycles. The van der Waals surface area contributed by atoms with E-state index in [4.69, 9.17) is 5.11 Å². The Morgan fingerprint density at radius 3 is 3.00 bits per heavy atom. The highest BCUT2D eigenvalue weighted by molar-refractivity contribution is 7.08. The molecule has 2 rings (SSSR count). The fourth-order valence-corrected chi connectivity index (χ4v) is 1.97. The van der Waals surface area contributed by atoms with Crippen molar-refractivity contribution in [2.75, 3.05) is 0 Å². The lowest BCUT2D eigenvalue weighted by molar-refractivity contribution is -0.139. The molecule has 2 heterocycles. The fraction of sp³-hybridized carbons (Fsp3) is 0.111. The first kappa shape index (κ1) is 8.96. The zero-order valence-electron chi connectivity index (χ0n) is 7.20. The number of rotatable bonds is 3. The number of nitrogens with zero attached hydrogens (tertiary/aromatic N) is 2. The molecular formula is C9H8N2O2S. The highest BCUT2D eigenvalue weighted by atomic mass is 32.1. The van der Waals surface area contributed by atoms with E-state index in [1.54, 1.807) is 17.0 Å². The number of aliphatic carboxylic acids is 1. The Balaban J connectivity index is 2.40. The number of aromatic nitrogens is 2. The maximum absolute atomic E-state index is 11.1. The van der Waals surface area contributed by atoms with Gasteiger partial charge in [-0.05, 0) is 22.4 Å². The van der Waals surface area contributed by atoms with Crippen LogP contribution in [0.1, 0.15) is 11.6 Å². The SMILES string of the molecule is O=C(O)C(c1ccsc1)n1ccnc1. The van der Waals surface area contributed by atoms with E-state index in [1.807, 2.05) is 16.8 Å². The number of carboxylic acid groups (broad SMARTS) is 1. The average Bonchev–Trinajstić information content (AvgIpc) is 2.75. The summed E-state index contributed by atoms with van der Waals surface area (Å²) in [5.74, 6) is -0.874. The van der Waals surface area contributed by atoms with E-state index >= 15 is 0 Å². The normalized spacial score (nSPS) is 12.6. The Hall–Kier alpha value is -1.62. The monoisotopic (exact) mass is 208 g/mol. The van der Waals surface area contributed by atoms with Gasteiger partial charge in [0.15, 0.2) is 6.04 Å². The summed E-state index contributed by atoms with van der Waals surface area (Å²) in [5.41, 5.74) is 0.778. The van der Waals surface area contributed by atoms with Crippen molar-refractivity contribution in [3.63, 3.8) is 0 Å². The minimum Gasteiger partial charge on any atom is -0.479 e. The number of hydrogen-bond donors (Lipinski definition) is 1. The molecule has 0 bridgehead atoms. The van der Waals surface area contributed by atoms with Gasteiger partial charge in [0.1, 0.15) is 0 Å². The Kier molecular flexibility index (Phi) is 2.32. The highest BCUT2D eigenvalue weighted by Gasteiger charge is 2.21. The smallest absolute Gasteiger partial charge is 0.331 e. The van der Waals surface area contributed by atoms with Crippen molar-refractivity contribution in [1.29, 1.82) is 0 Å². The van der Waals surface area contributed by atoms with Crippen molar-refractivity contribution in [3.05, 3.63) is 41.1 Å². The summed E-state index contributed by atoms with van der Waals surface area (Å²) in [5, 5.41) is 12.8. The van der Waals surface area contributed by atoms with Crippen LogP contribution in [0.5, 0.6) is 0 Å². The Bertz CT molecular complexity index is 374. The van der Waals surface area contributed by atoms with Crippen LogP contribution in [-0.2, 0) is 4.79 Å². The Morgan fingerprint density at radius 2 is 2.50 bits per heavy atom. The van der Waals surface area contributed by atoms with Crippen LogP contribution in [0.15, 0.2) is 35.5 Å². The molecule has 2 aromatic rings. The topological polar surface area (TPSA) is 55.1 Å².